The van der Waals surface area contributed by atoms with Crippen LogP contribution in [0.4, 0.5) is 5.69 Å². The van der Waals surface area contributed by atoms with E-state index in [9.17, 15) is 9.59 Å². The van der Waals surface area contributed by atoms with Gasteiger partial charge in [0.25, 0.3) is 11.8 Å². The van der Waals surface area contributed by atoms with Crippen molar-refractivity contribution in [3.05, 3.63) is 54.0 Å². The second-order valence-corrected chi connectivity index (χ2v) is 7.18. The number of anilines is 1. The Morgan fingerprint density at radius 2 is 1.79 bits per heavy atom. The van der Waals surface area contributed by atoms with E-state index in [0.29, 0.717) is 23.7 Å². The highest BCUT2D eigenvalue weighted by Gasteiger charge is 2.24. The minimum absolute atomic E-state index is 0.122. The van der Waals surface area contributed by atoms with Gasteiger partial charge in [-0.2, -0.15) is 0 Å². The lowest BCUT2D eigenvalue weighted by atomic mass is 10.0. The fraction of sp³-hybridized carbons (Fsp3) is 0.429. The van der Waals surface area contributed by atoms with Gasteiger partial charge in [0.1, 0.15) is 0 Å². The molecule has 1 saturated heterocycles. The first-order valence-electron chi connectivity index (χ1n) is 9.59. The molecule has 1 unspecified atom stereocenters. The number of carbonyl (C=O) groups excluding carboxylic acids is 2. The lowest BCUT2D eigenvalue weighted by Gasteiger charge is -2.36. The third-order valence-electron chi connectivity index (χ3n) is 4.91. The molecule has 7 heteroatoms. The zero-order valence-electron chi connectivity index (χ0n) is 16.3. The second kappa shape index (κ2) is 9.52. The molecule has 2 amide bonds. The zero-order chi connectivity index (χ0) is 19.9. The molecule has 0 spiro atoms. The Morgan fingerprint density at radius 3 is 2.39 bits per heavy atom. The molecule has 3 rings (SSSR count). The average Bonchev–Trinajstić information content (AvgIpc) is 3.24. The molecule has 1 aromatic carbocycles. The van der Waals surface area contributed by atoms with E-state index in [2.05, 4.69) is 29.4 Å². The third kappa shape index (κ3) is 5.21. The molecule has 2 aromatic rings. The summed E-state index contributed by atoms with van der Waals surface area (Å²) in [6, 6.07) is 10.3. The lowest BCUT2D eigenvalue weighted by molar-refractivity contribution is 0.00672. The molecule has 0 saturated carbocycles. The van der Waals surface area contributed by atoms with Gasteiger partial charge in [-0.1, -0.05) is 13.8 Å². The van der Waals surface area contributed by atoms with E-state index >= 15 is 0 Å². The van der Waals surface area contributed by atoms with Crippen molar-refractivity contribution in [1.82, 2.24) is 10.2 Å². The molecule has 28 heavy (non-hydrogen) atoms. The van der Waals surface area contributed by atoms with Gasteiger partial charge in [0.15, 0.2) is 5.76 Å². The molecule has 1 aliphatic heterocycles. The number of hydrogen-bond donors (Lipinski definition) is 2. The first kappa shape index (κ1) is 20.1. The van der Waals surface area contributed by atoms with Crippen LogP contribution in [0.5, 0.6) is 0 Å². The van der Waals surface area contributed by atoms with Crippen molar-refractivity contribution < 1.29 is 18.7 Å². The quantitative estimate of drug-likeness (QED) is 0.765. The Labute approximate surface area is 165 Å². The van der Waals surface area contributed by atoms with Crippen LogP contribution in [0.3, 0.4) is 0 Å². The van der Waals surface area contributed by atoms with Crippen molar-refractivity contribution >= 4 is 17.5 Å². The van der Waals surface area contributed by atoms with Crippen molar-refractivity contribution in [3.8, 4) is 0 Å². The first-order chi connectivity index (χ1) is 13.5. The van der Waals surface area contributed by atoms with E-state index in [4.69, 9.17) is 9.15 Å². The van der Waals surface area contributed by atoms with Crippen LogP contribution in [0.1, 0.15) is 34.8 Å². The molecule has 1 aliphatic rings. The highest BCUT2D eigenvalue weighted by molar-refractivity contribution is 6.02. The number of ether oxygens (including phenoxy) is 1. The summed E-state index contributed by atoms with van der Waals surface area (Å²) in [6.07, 6.45) is 1.45. The van der Waals surface area contributed by atoms with Gasteiger partial charge >= 0.3 is 0 Å². The number of furan rings is 1. The van der Waals surface area contributed by atoms with E-state index in [1.54, 1.807) is 36.4 Å². The molecule has 1 fully saturated rings. The minimum atomic E-state index is -0.326. The molecule has 2 N–H and O–H groups in total. The fourth-order valence-corrected chi connectivity index (χ4v) is 3.30. The second-order valence-electron chi connectivity index (χ2n) is 7.18. The summed E-state index contributed by atoms with van der Waals surface area (Å²) < 4.78 is 10.5. The highest BCUT2D eigenvalue weighted by Crippen LogP contribution is 2.14. The van der Waals surface area contributed by atoms with Gasteiger partial charge in [0.05, 0.1) is 19.5 Å². The van der Waals surface area contributed by atoms with Crippen molar-refractivity contribution in [2.45, 2.75) is 19.9 Å². The predicted octanol–water partition coefficient (Wildman–Crippen LogP) is 2.62. The number of carbonyl (C=O) groups is 2. The summed E-state index contributed by atoms with van der Waals surface area (Å²) in [5.41, 5.74) is 1.16. The maximum Gasteiger partial charge on any atom is 0.291 e. The van der Waals surface area contributed by atoms with Crippen LogP contribution in [-0.4, -0.2) is 55.6 Å². The molecule has 0 aliphatic carbocycles. The van der Waals surface area contributed by atoms with Crippen LogP contribution >= 0.6 is 0 Å². The van der Waals surface area contributed by atoms with Gasteiger partial charge in [-0.15, -0.1) is 0 Å². The number of nitrogens with one attached hydrogen (secondary N) is 2. The molecule has 1 atom stereocenters. The molecule has 150 valence electrons. The van der Waals surface area contributed by atoms with Gasteiger partial charge in [0, 0.05) is 36.9 Å². The van der Waals surface area contributed by atoms with Crippen LogP contribution in [0.25, 0.3) is 0 Å². The first-order valence-corrected chi connectivity index (χ1v) is 9.59. The Hall–Kier alpha value is -2.64. The maximum atomic E-state index is 12.5. The van der Waals surface area contributed by atoms with E-state index in [0.717, 1.165) is 26.3 Å². The number of rotatable bonds is 7. The molecular weight excluding hydrogens is 358 g/mol. The summed E-state index contributed by atoms with van der Waals surface area (Å²) in [6.45, 7) is 8.19. The smallest absolute Gasteiger partial charge is 0.291 e. The molecule has 1 aromatic heterocycles. The summed E-state index contributed by atoms with van der Waals surface area (Å²) in [5, 5.41) is 5.77. The van der Waals surface area contributed by atoms with Crippen LogP contribution in [-0.2, 0) is 4.74 Å². The van der Waals surface area contributed by atoms with Crippen molar-refractivity contribution in [2.24, 2.45) is 5.92 Å². The van der Waals surface area contributed by atoms with Gasteiger partial charge in [-0.05, 0) is 42.3 Å². The summed E-state index contributed by atoms with van der Waals surface area (Å²) in [4.78, 5) is 26.9. The summed E-state index contributed by atoms with van der Waals surface area (Å²) >= 11 is 0. The van der Waals surface area contributed by atoms with E-state index < -0.39 is 0 Å². The standard InChI is InChI=1S/C21H27N3O4/c1-15(2)18(24-9-12-27-13-10-24)14-22-20(25)16-5-7-17(8-6-16)23-21(26)19-4-3-11-28-19/h3-8,11,15,18H,9-10,12-14H2,1-2H3,(H,22,25)(H,23,26). The maximum absolute atomic E-state index is 12.5. The molecule has 2 heterocycles. The Bertz CT molecular complexity index is 765. The fourth-order valence-electron chi connectivity index (χ4n) is 3.30. The van der Waals surface area contributed by atoms with Gasteiger partial charge in [-0.3, -0.25) is 14.5 Å². The van der Waals surface area contributed by atoms with Crippen LogP contribution in [0.2, 0.25) is 0 Å². The molecule has 0 bridgehead atoms. The van der Waals surface area contributed by atoms with Crippen molar-refractivity contribution in [3.63, 3.8) is 0 Å². The van der Waals surface area contributed by atoms with Crippen molar-refractivity contribution in [2.75, 3.05) is 38.2 Å². The minimum Gasteiger partial charge on any atom is -0.459 e. The van der Waals surface area contributed by atoms with Gasteiger partial charge in [0.2, 0.25) is 0 Å². The van der Waals surface area contributed by atoms with Crippen LogP contribution in [0, 0.1) is 5.92 Å². The Balaban J connectivity index is 1.54. The summed E-state index contributed by atoms with van der Waals surface area (Å²) in [7, 11) is 0. The summed E-state index contributed by atoms with van der Waals surface area (Å²) in [5.74, 6) is 0.220. The predicted molar refractivity (Wildman–Crippen MR) is 106 cm³/mol. The average molecular weight is 385 g/mol. The monoisotopic (exact) mass is 385 g/mol. The number of morpholine rings is 1. The normalized spacial score (nSPS) is 16.0. The van der Waals surface area contributed by atoms with E-state index in [1.807, 2.05) is 0 Å². The Kier molecular flexibility index (Phi) is 6.84. The zero-order valence-corrected chi connectivity index (χ0v) is 16.3. The third-order valence-corrected chi connectivity index (χ3v) is 4.91. The highest BCUT2D eigenvalue weighted by atomic mass is 16.5. The van der Waals surface area contributed by atoms with Gasteiger partial charge < -0.3 is 19.8 Å². The lowest BCUT2D eigenvalue weighted by Crippen LogP contribution is -2.51. The number of benzene rings is 1. The van der Waals surface area contributed by atoms with Crippen molar-refractivity contribution in [1.29, 1.82) is 0 Å². The van der Waals surface area contributed by atoms with E-state index in [-0.39, 0.29) is 23.6 Å². The number of nitrogens with zero attached hydrogens (tertiary/aromatic N) is 1. The SMILES string of the molecule is CC(C)C(CNC(=O)c1ccc(NC(=O)c2ccco2)cc1)N1CCOCC1. The molecular formula is C21H27N3O4. The topological polar surface area (TPSA) is 83.8 Å². The molecule has 0 radical (unpaired) electrons. The largest absolute Gasteiger partial charge is 0.459 e. The van der Waals surface area contributed by atoms with E-state index in [1.165, 1.54) is 6.26 Å². The number of hydrogen-bond acceptors (Lipinski definition) is 5. The molecule has 7 nitrogen and oxygen atoms in total. The Morgan fingerprint density at radius 1 is 1.07 bits per heavy atom. The van der Waals surface area contributed by atoms with Gasteiger partial charge in [-0.25, -0.2) is 0 Å². The van der Waals surface area contributed by atoms with Crippen LogP contribution < -0.4 is 10.6 Å². The number of amides is 2. The van der Waals surface area contributed by atoms with Crippen LogP contribution in [0.15, 0.2) is 47.1 Å².